The molecule has 0 aliphatic carbocycles. The van der Waals surface area contributed by atoms with Gasteiger partial charge in [-0.2, -0.15) is 5.26 Å². The number of carboxylic acids is 1. The number of anilines is 2. The number of carboxylic acid groups (broad SMARTS) is 1. The van der Waals surface area contributed by atoms with Gasteiger partial charge in [-0.1, -0.05) is 0 Å². The molecule has 28 heavy (non-hydrogen) atoms. The van der Waals surface area contributed by atoms with E-state index in [1.165, 1.54) is 11.3 Å². The van der Waals surface area contributed by atoms with E-state index in [1.807, 2.05) is 38.2 Å². The number of nitrogens with one attached hydrogen (secondary N) is 2. The van der Waals surface area contributed by atoms with E-state index in [1.54, 1.807) is 12.3 Å². The standard InChI is InChI=1S/C21H16N4O2S/c1-11-14-7-8-23-16(14)4-3-15(11)25-20-13(9-22)10-24-21-19(20)12(2)17(28-21)5-6-18(26)27/h3-8,10,23H,1-2H3,(H,24,25)(H,26,27)/b6-5+. The number of pyridine rings is 1. The van der Waals surface area contributed by atoms with Gasteiger partial charge in [0.2, 0.25) is 0 Å². The summed E-state index contributed by atoms with van der Waals surface area (Å²) in [5.41, 5.74) is 5.06. The molecule has 0 aliphatic heterocycles. The number of aromatic nitrogens is 2. The Morgan fingerprint density at radius 2 is 2.14 bits per heavy atom. The number of aromatic amines is 1. The highest BCUT2D eigenvalue weighted by molar-refractivity contribution is 7.19. The molecule has 7 heteroatoms. The van der Waals surface area contributed by atoms with Gasteiger partial charge in [-0.05, 0) is 49.2 Å². The first-order chi connectivity index (χ1) is 13.5. The minimum absolute atomic E-state index is 0.440. The van der Waals surface area contributed by atoms with Crippen LogP contribution in [-0.4, -0.2) is 21.0 Å². The third kappa shape index (κ3) is 2.90. The number of hydrogen-bond acceptors (Lipinski definition) is 5. The molecule has 1 aromatic carbocycles. The van der Waals surface area contributed by atoms with Gasteiger partial charge in [0, 0.05) is 45.3 Å². The van der Waals surface area contributed by atoms with Crippen LogP contribution in [-0.2, 0) is 4.79 Å². The Morgan fingerprint density at radius 3 is 2.89 bits per heavy atom. The van der Waals surface area contributed by atoms with Crippen LogP contribution in [0.25, 0.3) is 27.2 Å². The van der Waals surface area contributed by atoms with E-state index in [4.69, 9.17) is 5.11 Å². The van der Waals surface area contributed by atoms with Crippen LogP contribution in [0, 0.1) is 25.2 Å². The SMILES string of the molecule is Cc1c(Nc2c(C#N)cnc3sc(/C=C/C(=O)O)c(C)c23)ccc2[nH]ccc12. The van der Waals surface area contributed by atoms with Gasteiger partial charge in [-0.15, -0.1) is 11.3 Å². The number of fused-ring (bicyclic) bond motifs is 2. The zero-order valence-electron chi connectivity index (χ0n) is 15.2. The summed E-state index contributed by atoms with van der Waals surface area (Å²) in [6, 6.07) is 8.21. The van der Waals surface area contributed by atoms with Gasteiger partial charge in [0.1, 0.15) is 10.9 Å². The second kappa shape index (κ2) is 6.83. The quantitative estimate of drug-likeness (QED) is 0.422. The van der Waals surface area contributed by atoms with Crippen molar-refractivity contribution in [3.05, 3.63) is 58.2 Å². The molecular weight excluding hydrogens is 372 g/mol. The molecule has 138 valence electrons. The highest BCUT2D eigenvalue weighted by Gasteiger charge is 2.17. The molecule has 3 aromatic heterocycles. The molecule has 0 saturated carbocycles. The Hall–Kier alpha value is -3.63. The first-order valence-corrected chi connectivity index (χ1v) is 9.38. The zero-order chi connectivity index (χ0) is 19.8. The molecule has 0 fully saturated rings. The Labute approximate surface area is 164 Å². The minimum Gasteiger partial charge on any atom is -0.478 e. The first-order valence-electron chi connectivity index (χ1n) is 8.56. The smallest absolute Gasteiger partial charge is 0.328 e. The number of aliphatic carboxylic acids is 1. The zero-order valence-corrected chi connectivity index (χ0v) is 16.0. The number of hydrogen-bond donors (Lipinski definition) is 3. The highest BCUT2D eigenvalue weighted by Crippen LogP contribution is 2.39. The van der Waals surface area contributed by atoms with Crippen LogP contribution in [0.3, 0.4) is 0 Å². The molecule has 0 spiro atoms. The molecule has 6 nitrogen and oxygen atoms in total. The average Bonchev–Trinajstić information content (AvgIpc) is 3.27. The summed E-state index contributed by atoms with van der Waals surface area (Å²) in [6.07, 6.45) is 6.13. The Bertz CT molecular complexity index is 1310. The summed E-state index contributed by atoms with van der Waals surface area (Å²) in [7, 11) is 0. The van der Waals surface area contributed by atoms with E-state index >= 15 is 0 Å². The van der Waals surface area contributed by atoms with Crippen LogP contribution in [0.15, 0.2) is 36.7 Å². The molecule has 4 rings (SSSR count). The number of rotatable bonds is 4. The molecule has 0 bridgehead atoms. The Balaban J connectivity index is 1.90. The number of carbonyl (C=O) groups is 1. The van der Waals surface area contributed by atoms with Crippen molar-refractivity contribution in [2.45, 2.75) is 13.8 Å². The maximum atomic E-state index is 10.9. The molecule has 0 aliphatic rings. The van der Waals surface area contributed by atoms with Crippen molar-refractivity contribution < 1.29 is 9.90 Å². The molecule has 0 atom stereocenters. The molecule has 0 unspecified atom stereocenters. The maximum Gasteiger partial charge on any atom is 0.328 e. The van der Waals surface area contributed by atoms with Gasteiger partial charge in [0.15, 0.2) is 0 Å². The topological polar surface area (TPSA) is 102 Å². The van der Waals surface area contributed by atoms with Crippen LogP contribution >= 0.6 is 11.3 Å². The third-order valence-electron chi connectivity index (χ3n) is 4.76. The van der Waals surface area contributed by atoms with Crippen molar-refractivity contribution >= 4 is 55.9 Å². The lowest BCUT2D eigenvalue weighted by molar-refractivity contribution is -0.131. The van der Waals surface area contributed by atoms with E-state index in [-0.39, 0.29) is 0 Å². The summed E-state index contributed by atoms with van der Waals surface area (Å²) in [5.74, 6) is -1.00. The molecular formula is C21H16N4O2S. The van der Waals surface area contributed by atoms with Crippen molar-refractivity contribution in [3.8, 4) is 6.07 Å². The van der Waals surface area contributed by atoms with Gasteiger partial charge in [-0.3, -0.25) is 0 Å². The number of aryl methyl sites for hydroxylation is 2. The van der Waals surface area contributed by atoms with Crippen LogP contribution < -0.4 is 5.32 Å². The number of nitrogens with zero attached hydrogens (tertiary/aromatic N) is 2. The van der Waals surface area contributed by atoms with Crippen molar-refractivity contribution in [1.29, 1.82) is 5.26 Å². The highest BCUT2D eigenvalue weighted by atomic mass is 32.1. The normalized spacial score (nSPS) is 11.3. The van der Waals surface area contributed by atoms with Crippen LogP contribution in [0.1, 0.15) is 21.6 Å². The average molecular weight is 388 g/mol. The number of H-pyrrole nitrogens is 1. The van der Waals surface area contributed by atoms with Gasteiger partial charge in [0.05, 0.1) is 11.3 Å². The molecule has 0 radical (unpaired) electrons. The van der Waals surface area contributed by atoms with Crippen LogP contribution in [0.2, 0.25) is 0 Å². The van der Waals surface area contributed by atoms with E-state index in [0.717, 1.165) is 48.9 Å². The fourth-order valence-electron chi connectivity index (χ4n) is 3.30. The summed E-state index contributed by atoms with van der Waals surface area (Å²) < 4.78 is 0. The molecule has 0 saturated heterocycles. The minimum atomic E-state index is -1.00. The predicted molar refractivity (Wildman–Crippen MR) is 112 cm³/mol. The summed E-state index contributed by atoms with van der Waals surface area (Å²) in [6.45, 7) is 3.95. The fourth-order valence-corrected chi connectivity index (χ4v) is 4.36. The lowest BCUT2D eigenvalue weighted by Crippen LogP contribution is -1.98. The predicted octanol–water partition coefficient (Wildman–Crippen LogP) is 5.11. The first kappa shape index (κ1) is 17.8. The molecule has 3 N–H and O–H groups in total. The van der Waals surface area contributed by atoms with E-state index in [0.29, 0.717) is 11.3 Å². The van der Waals surface area contributed by atoms with Gasteiger partial charge < -0.3 is 15.4 Å². The van der Waals surface area contributed by atoms with Crippen LogP contribution in [0.5, 0.6) is 0 Å². The van der Waals surface area contributed by atoms with Crippen molar-refractivity contribution in [2.24, 2.45) is 0 Å². The van der Waals surface area contributed by atoms with Gasteiger partial charge in [0.25, 0.3) is 0 Å². The third-order valence-corrected chi connectivity index (χ3v) is 5.92. The Morgan fingerprint density at radius 1 is 1.32 bits per heavy atom. The molecule has 4 aromatic rings. The lowest BCUT2D eigenvalue weighted by Gasteiger charge is -2.13. The van der Waals surface area contributed by atoms with Crippen molar-refractivity contribution in [1.82, 2.24) is 9.97 Å². The summed E-state index contributed by atoms with van der Waals surface area (Å²) in [5, 5.41) is 23.9. The number of benzene rings is 1. The van der Waals surface area contributed by atoms with Gasteiger partial charge in [-0.25, -0.2) is 9.78 Å². The number of nitriles is 1. The van der Waals surface area contributed by atoms with Gasteiger partial charge >= 0.3 is 5.97 Å². The maximum absolute atomic E-state index is 10.9. The van der Waals surface area contributed by atoms with E-state index < -0.39 is 5.97 Å². The molecule has 0 amide bonds. The number of thiophene rings is 1. The Kier molecular flexibility index (Phi) is 4.34. The summed E-state index contributed by atoms with van der Waals surface area (Å²) in [4.78, 5) is 20.0. The van der Waals surface area contributed by atoms with Crippen molar-refractivity contribution in [2.75, 3.05) is 5.32 Å². The second-order valence-electron chi connectivity index (χ2n) is 6.40. The molecule has 3 heterocycles. The largest absolute Gasteiger partial charge is 0.478 e. The summed E-state index contributed by atoms with van der Waals surface area (Å²) >= 11 is 1.40. The monoisotopic (exact) mass is 388 g/mol. The second-order valence-corrected chi connectivity index (χ2v) is 7.43. The lowest BCUT2D eigenvalue weighted by atomic mass is 10.1. The fraction of sp³-hybridized carbons (Fsp3) is 0.0952. The van der Waals surface area contributed by atoms with Crippen LogP contribution in [0.4, 0.5) is 11.4 Å². The van der Waals surface area contributed by atoms with E-state index in [2.05, 4.69) is 21.4 Å². The van der Waals surface area contributed by atoms with Crippen molar-refractivity contribution in [3.63, 3.8) is 0 Å². The van der Waals surface area contributed by atoms with E-state index in [9.17, 15) is 10.1 Å².